The average molecular weight is 408 g/mol. The molecular formula is C22H24N4O4. The second kappa shape index (κ2) is 7.85. The topological polar surface area (TPSA) is 78.2 Å². The third kappa shape index (κ3) is 3.77. The summed E-state index contributed by atoms with van der Waals surface area (Å²) in [6.45, 7) is 4.17. The summed E-state index contributed by atoms with van der Waals surface area (Å²) in [6.07, 6.45) is 3.08. The van der Waals surface area contributed by atoms with E-state index in [1.165, 1.54) is 0 Å². The zero-order chi connectivity index (χ0) is 20.5. The molecule has 156 valence electrons. The van der Waals surface area contributed by atoms with E-state index in [2.05, 4.69) is 10.1 Å². The van der Waals surface area contributed by atoms with Crippen LogP contribution in [-0.2, 0) is 4.79 Å². The Morgan fingerprint density at radius 3 is 2.80 bits per heavy atom. The lowest BCUT2D eigenvalue weighted by Gasteiger charge is -2.35. The normalized spacial score (nSPS) is 19.1. The number of benzene rings is 1. The Hall–Kier alpha value is -3.29. The van der Waals surface area contributed by atoms with Gasteiger partial charge < -0.3 is 19.1 Å². The molecule has 8 heteroatoms. The summed E-state index contributed by atoms with van der Waals surface area (Å²) < 4.78 is 19.2. The number of hydrogen-bond donors (Lipinski definition) is 0. The van der Waals surface area contributed by atoms with Gasteiger partial charge in [-0.15, -0.1) is 5.10 Å². The molecule has 1 atom stereocenters. The number of ether oxygens (including phenoxy) is 3. The number of fused-ring (bicyclic) bond motifs is 2. The molecule has 1 amide bonds. The second-order valence-electron chi connectivity index (χ2n) is 7.80. The first kappa shape index (κ1) is 18.7. The summed E-state index contributed by atoms with van der Waals surface area (Å²) in [5.41, 5.74) is 1.73. The number of carbonyl (C=O) groups excluding carboxylic acids is 1. The summed E-state index contributed by atoms with van der Waals surface area (Å²) in [6, 6.07) is 11.2. The summed E-state index contributed by atoms with van der Waals surface area (Å²) in [5.74, 6) is 2.29. The van der Waals surface area contributed by atoms with Crippen molar-refractivity contribution < 1.29 is 19.0 Å². The monoisotopic (exact) mass is 408 g/mol. The number of aryl methyl sites for hydroxylation is 1. The highest BCUT2D eigenvalue weighted by Crippen LogP contribution is 2.31. The summed E-state index contributed by atoms with van der Waals surface area (Å²) >= 11 is 0. The van der Waals surface area contributed by atoms with Crippen LogP contribution in [0, 0.1) is 12.8 Å². The van der Waals surface area contributed by atoms with Crippen molar-refractivity contribution in [2.75, 3.05) is 26.3 Å². The van der Waals surface area contributed by atoms with Gasteiger partial charge in [0, 0.05) is 19.2 Å². The van der Waals surface area contributed by atoms with Crippen molar-refractivity contribution in [1.29, 1.82) is 0 Å². The number of piperidine rings is 1. The number of nitrogens with zero attached hydrogens (tertiary/aromatic N) is 4. The van der Waals surface area contributed by atoms with Crippen LogP contribution >= 0.6 is 0 Å². The van der Waals surface area contributed by atoms with Crippen LogP contribution in [0.1, 0.15) is 18.5 Å². The minimum Gasteiger partial charge on any atom is -0.485 e. The minimum absolute atomic E-state index is 0.00790. The second-order valence-corrected chi connectivity index (χ2v) is 7.80. The molecule has 1 aromatic carbocycles. The molecule has 3 aromatic rings. The molecule has 5 rings (SSSR count). The van der Waals surface area contributed by atoms with Gasteiger partial charge >= 0.3 is 0 Å². The maximum atomic E-state index is 12.8. The number of aromatic nitrogens is 3. The van der Waals surface area contributed by atoms with Crippen LogP contribution in [0.5, 0.6) is 17.4 Å². The molecule has 0 radical (unpaired) electrons. The predicted octanol–water partition coefficient (Wildman–Crippen LogP) is 2.50. The van der Waals surface area contributed by atoms with Gasteiger partial charge in [0.05, 0.1) is 18.5 Å². The molecule has 0 spiro atoms. The SMILES string of the molecule is Cc1cn2nc(OCC3CCN(C(=O)C4COc5ccccc5O4)CC3)ccc2n1. The summed E-state index contributed by atoms with van der Waals surface area (Å²) in [4.78, 5) is 19.1. The standard InChI is InChI=1S/C22H24N4O4/c1-15-12-26-20(23-15)6-7-21(24-26)29-13-16-8-10-25(11-9-16)22(27)19-14-28-17-4-2-3-5-18(17)30-19/h2-7,12,16,19H,8-11,13-14H2,1H3. The van der Waals surface area contributed by atoms with E-state index in [-0.39, 0.29) is 12.5 Å². The van der Waals surface area contributed by atoms with E-state index in [1.807, 2.05) is 54.4 Å². The molecule has 2 aliphatic heterocycles. The van der Waals surface area contributed by atoms with Gasteiger partial charge in [-0.25, -0.2) is 9.50 Å². The molecule has 30 heavy (non-hydrogen) atoms. The molecule has 0 aliphatic carbocycles. The Kier molecular flexibility index (Phi) is 4.90. The molecule has 0 saturated carbocycles. The number of rotatable bonds is 4. The van der Waals surface area contributed by atoms with Crippen LogP contribution in [-0.4, -0.2) is 57.8 Å². The summed E-state index contributed by atoms with van der Waals surface area (Å²) in [7, 11) is 0. The van der Waals surface area contributed by atoms with Crippen LogP contribution in [0.25, 0.3) is 5.65 Å². The molecule has 1 fully saturated rings. The van der Waals surface area contributed by atoms with E-state index < -0.39 is 6.10 Å². The maximum absolute atomic E-state index is 12.8. The minimum atomic E-state index is -0.581. The van der Waals surface area contributed by atoms with Crippen molar-refractivity contribution in [2.24, 2.45) is 5.92 Å². The Balaban J connectivity index is 1.12. The quantitative estimate of drug-likeness (QED) is 0.660. The number of amides is 1. The molecule has 2 aromatic heterocycles. The number of hydrogen-bond acceptors (Lipinski definition) is 6. The van der Waals surface area contributed by atoms with Gasteiger partial charge in [0.2, 0.25) is 12.0 Å². The number of imidazole rings is 1. The van der Waals surface area contributed by atoms with Gasteiger partial charge in [-0.05, 0) is 43.9 Å². The predicted molar refractivity (Wildman–Crippen MR) is 109 cm³/mol. The first-order chi connectivity index (χ1) is 14.7. The number of likely N-dealkylation sites (tertiary alicyclic amines) is 1. The lowest BCUT2D eigenvalue weighted by Crippen LogP contribution is -2.49. The molecule has 0 N–H and O–H groups in total. The lowest BCUT2D eigenvalue weighted by molar-refractivity contribution is -0.142. The zero-order valence-corrected chi connectivity index (χ0v) is 16.9. The molecule has 8 nitrogen and oxygen atoms in total. The van der Waals surface area contributed by atoms with Gasteiger partial charge in [-0.2, -0.15) is 0 Å². The molecule has 1 unspecified atom stereocenters. The van der Waals surface area contributed by atoms with Crippen LogP contribution in [0.3, 0.4) is 0 Å². The van der Waals surface area contributed by atoms with E-state index in [4.69, 9.17) is 14.2 Å². The van der Waals surface area contributed by atoms with Crippen molar-refractivity contribution in [2.45, 2.75) is 25.9 Å². The smallest absolute Gasteiger partial charge is 0.267 e. The van der Waals surface area contributed by atoms with Crippen molar-refractivity contribution in [3.63, 3.8) is 0 Å². The fourth-order valence-electron chi connectivity index (χ4n) is 3.93. The van der Waals surface area contributed by atoms with E-state index in [1.54, 1.807) is 4.52 Å². The van der Waals surface area contributed by atoms with E-state index >= 15 is 0 Å². The van der Waals surface area contributed by atoms with Crippen molar-refractivity contribution in [3.05, 3.63) is 48.3 Å². The number of para-hydroxylation sites is 2. The Morgan fingerprint density at radius 2 is 1.97 bits per heavy atom. The largest absolute Gasteiger partial charge is 0.485 e. The van der Waals surface area contributed by atoms with Crippen molar-refractivity contribution in [3.8, 4) is 17.4 Å². The highest BCUT2D eigenvalue weighted by atomic mass is 16.6. The zero-order valence-electron chi connectivity index (χ0n) is 16.9. The van der Waals surface area contributed by atoms with E-state index in [0.29, 0.717) is 43.0 Å². The summed E-state index contributed by atoms with van der Waals surface area (Å²) in [5, 5.41) is 4.44. The first-order valence-electron chi connectivity index (χ1n) is 10.3. The third-order valence-electron chi connectivity index (χ3n) is 5.59. The van der Waals surface area contributed by atoms with E-state index in [9.17, 15) is 4.79 Å². The van der Waals surface area contributed by atoms with Gasteiger partial charge in [0.15, 0.2) is 17.1 Å². The first-order valence-corrected chi connectivity index (χ1v) is 10.3. The maximum Gasteiger partial charge on any atom is 0.267 e. The average Bonchev–Trinajstić information content (AvgIpc) is 3.16. The van der Waals surface area contributed by atoms with Crippen LogP contribution in [0.4, 0.5) is 0 Å². The Morgan fingerprint density at radius 1 is 1.17 bits per heavy atom. The third-order valence-corrected chi connectivity index (χ3v) is 5.59. The van der Waals surface area contributed by atoms with Gasteiger partial charge in [0.1, 0.15) is 6.61 Å². The molecule has 4 heterocycles. The molecular weight excluding hydrogens is 384 g/mol. The van der Waals surface area contributed by atoms with Gasteiger partial charge in [-0.3, -0.25) is 4.79 Å². The fraction of sp³-hybridized carbons (Fsp3) is 0.409. The fourth-order valence-corrected chi connectivity index (χ4v) is 3.93. The Bertz CT molecular complexity index is 1060. The lowest BCUT2D eigenvalue weighted by atomic mass is 9.97. The van der Waals surface area contributed by atoms with Crippen LogP contribution < -0.4 is 14.2 Å². The van der Waals surface area contributed by atoms with E-state index in [0.717, 1.165) is 24.2 Å². The highest BCUT2D eigenvalue weighted by Gasteiger charge is 2.33. The van der Waals surface area contributed by atoms with Crippen LogP contribution in [0.2, 0.25) is 0 Å². The highest BCUT2D eigenvalue weighted by molar-refractivity contribution is 5.82. The molecule has 2 aliphatic rings. The molecule has 0 bridgehead atoms. The Labute approximate surface area is 174 Å². The van der Waals surface area contributed by atoms with Crippen molar-refractivity contribution in [1.82, 2.24) is 19.5 Å². The number of carbonyl (C=O) groups is 1. The van der Waals surface area contributed by atoms with Gasteiger partial charge in [0.25, 0.3) is 5.91 Å². The van der Waals surface area contributed by atoms with Crippen LogP contribution in [0.15, 0.2) is 42.6 Å². The molecule has 1 saturated heterocycles. The van der Waals surface area contributed by atoms with Crippen molar-refractivity contribution >= 4 is 11.6 Å². The van der Waals surface area contributed by atoms with Gasteiger partial charge in [-0.1, -0.05) is 12.1 Å².